The molecule has 2 heterocycles. The van der Waals surface area contributed by atoms with Gasteiger partial charge in [0.2, 0.25) is 0 Å². The maximum atomic E-state index is 4.33. The van der Waals surface area contributed by atoms with E-state index >= 15 is 0 Å². The summed E-state index contributed by atoms with van der Waals surface area (Å²) < 4.78 is 0. The van der Waals surface area contributed by atoms with Gasteiger partial charge in [-0.2, -0.15) is 0 Å². The molecule has 2 nitrogen and oxygen atoms in total. The molecule has 0 saturated carbocycles. The zero-order valence-electron chi connectivity index (χ0n) is 11.2. The zero-order valence-corrected chi connectivity index (χ0v) is 12.1. The maximum Gasteiger partial charge on any atom is 0.0416 e. The quantitative estimate of drug-likeness (QED) is 0.887. The second-order valence-corrected chi connectivity index (χ2v) is 6.08. The highest BCUT2D eigenvalue weighted by molar-refractivity contribution is 7.12. The Morgan fingerprint density at radius 1 is 1.33 bits per heavy atom. The van der Waals surface area contributed by atoms with Gasteiger partial charge in [0.05, 0.1) is 0 Å². The largest absolute Gasteiger partial charge is 0.310 e. The summed E-state index contributed by atoms with van der Waals surface area (Å²) in [6, 6.07) is 8.78. The number of rotatable bonds is 5. The van der Waals surface area contributed by atoms with Gasteiger partial charge in [-0.3, -0.25) is 4.98 Å². The summed E-state index contributed by atoms with van der Waals surface area (Å²) in [5, 5.41) is 3.57. The van der Waals surface area contributed by atoms with Crippen molar-refractivity contribution in [1.29, 1.82) is 0 Å². The molecule has 1 N–H and O–H groups in total. The highest BCUT2D eigenvalue weighted by Crippen LogP contribution is 2.25. The summed E-state index contributed by atoms with van der Waals surface area (Å²) in [4.78, 5) is 7.14. The Balaban J connectivity index is 1.85. The molecule has 96 valence electrons. The maximum absolute atomic E-state index is 4.33. The SMILES string of the molecule is Cc1cc(C(C)NCCc2ccccn2)c(C)s1. The number of aromatic nitrogens is 1. The van der Waals surface area contributed by atoms with Crippen molar-refractivity contribution in [2.24, 2.45) is 0 Å². The van der Waals surface area contributed by atoms with Crippen LogP contribution in [0.1, 0.15) is 34.0 Å². The minimum absolute atomic E-state index is 0.415. The molecule has 2 rings (SSSR count). The zero-order chi connectivity index (χ0) is 13.0. The minimum Gasteiger partial charge on any atom is -0.310 e. The molecule has 0 aromatic carbocycles. The molecule has 0 amide bonds. The van der Waals surface area contributed by atoms with Crippen molar-refractivity contribution in [3.8, 4) is 0 Å². The first-order valence-corrected chi connectivity index (χ1v) is 7.18. The Labute approximate surface area is 113 Å². The van der Waals surface area contributed by atoms with Gasteiger partial charge in [-0.25, -0.2) is 0 Å². The van der Waals surface area contributed by atoms with E-state index in [2.05, 4.69) is 43.2 Å². The van der Waals surface area contributed by atoms with E-state index in [0.29, 0.717) is 6.04 Å². The van der Waals surface area contributed by atoms with E-state index in [4.69, 9.17) is 0 Å². The number of hydrogen-bond donors (Lipinski definition) is 1. The van der Waals surface area contributed by atoms with Crippen LogP contribution in [0.25, 0.3) is 0 Å². The van der Waals surface area contributed by atoms with E-state index in [9.17, 15) is 0 Å². The Hall–Kier alpha value is -1.19. The molecule has 18 heavy (non-hydrogen) atoms. The molecule has 1 unspecified atom stereocenters. The second-order valence-electron chi connectivity index (χ2n) is 4.62. The monoisotopic (exact) mass is 260 g/mol. The van der Waals surface area contributed by atoms with E-state index in [1.165, 1.54) is 15.3 Å². The lowest BCUT2D eigenvalue weighted by Crippen LogP contribution is -2.21. The van der Waals surface area contributed by atoms with Gasteiger partial charge in [-0.05, 0) is 44.5 Å². The van der Waals surface area contributed by atoms with Gasteiger partial charge < -0.3 is 5.32 Å². The Bertz CT molecular complexity index is 490. The Morgan fingerprint density at radius 2 is 2.17 bits per heavy atom. The molecule has 0 spiro atoms. The summed E-state index contributed by atoms with van der Waals surface area (Å²) in [6.07, 6.45) is 2.83. The summed E-state index contributed by atoms with van der Waals surface area (Å²) in [5.41, 5.74) is 2.58. The van der Waals surface area contributed by atoms with Crippen LogP contribution in [0, 0.1) is 13.8 Å². The standard InChI is InChI=1S/C15H20N2S/c1-11-10-15(13(3)18-11)12(2)16-9-7-14-6-4-5-8-17-14/h4-6,8,10,12,16H,7,9H2,1-3H3. The fraction of sp³-hybridized carbons (Fsp3) is 0.400. The van der Waals surface area contributed by atoms with Crippen LogP contribution in [0.5, 0.6) is 0 Å². The third-order valence-corrected chi connectivity index (χ3v) is 4.09. The van der Waals surface area contributed by atoms with Gasteiger partial charge in [0.1, 0.15) is 0 Å². The molecule has 1 atom stereocenters. The van der Waals surface area contributed by atoms with Crippen LogP contribution in [-0.4, -0.2) is 11.5 Å². The van der Waals surface area contributed by atoms with Crippen LogP contribution in [0.2, 0.25) is 0 Å². The minimum atomic E-state index is 0.415. The van der Waals surface area contributed by atoms with Crippen molar-refractivity contribution >= 4 is 11.3 Å². The van der Waals surface area contributed by atoms with Crippen molar-refractivity contribution in [3.05, 3.63) is 51.5 Å². The molecule has 0 fully saturated rings. The van der Waals surface area contributed by atoms with Gasteiger partial charge in [0.25, 0.3) is 0 Å². The van der Waals surface area contributed by atoms with Gasteiger partial charge in [-0.1, -0.05) is 6.07 Å². The first kappa shape index (κ1) is 13.2. The van der Waals surface area contributed by atoms with E-state index < -0.39 is 0 Å². The number of aryl methyl sites for hydroxylation is 2. The Kier molecular flexibility index (Phi) is 4.50. The average Bonchev–Trinajstić information content (AvgIpc) is 2.70. The highest BCUT2D eigenvalue weighted by Gasteiger charge is 2.10. The van der Waals surface area contributed by atoms with Crippen molar-refractivity contribution in [1.82, 2.24) is 10.3 Å². The molecule has 2 aromatic heterocycles. The lowest BCUT2D eigenvalue weighted by atomic mass is 10.1. The first-order chi connectivity index (χ1) is 8.66. The molecular formula is C15H20N2S. The van der Waals surface area contributed by atoms with E-state index in [1.54, 1.807) is 0 Å². The van der Waals surface area contributed by atoms with Crippen molar-refractivity contribution in [3.63, 3.8) is 0 Å². The molecule has 0 aliphatic carbocycles. The van der Waals surface area contributed by atoms with Crippen LogP contribution >= 0.6 is 11.3 Å². The number of pyridine rings is 1. The van der Waals surface area contributed by atoms with Crippen LogP contribution in [0.4, 0.5) is 0 Å². The molecule has 2 aromatic rings. The second kappa shape index (κ2) is 6.12. The van der Waals surface area contributed by atoms with E-state index in [0.717, 1.165) is 18.7 Å². The third kappa shape index (κ3) is 3.40. The summed E-state index contributed by atoms with van der Waals surface area (Å²) >= 11 is 1.88. The summed E-state index contributed by atoms with van der Waals surface area (Å²) in [6.45, 7) is 7.56. The highest BCUT2D eigenvalue weighted by atomic mass is 32.1. The van der Waals surface area contributed by atoms with Crippen LogP contribution < -0.4 is 5.32 Å². The smallest absolute Gasteiger partial charge is 0.0416 e. The number of hydrogen-bond acceptors (Lipinski definition) is 3. The predicted octanol–water partition coefficient (Wildman–Crippen LogP) is 3.65. The van der Waals surface area contributed by atoms with E-state index in [-0.39, 0.29) is 0 Å². The molecule has 0 bridgehead atoms. The first-order valence-electron chi connectivity index (χ1n) is 6.37. The van der Waals surface area contributed by atoms with Crippen molar-refractivity contribution in [2.75, 3.05) is 6.54 Å². The van der Waals surface area contributed by atoms with Crippen LogP contribution in [0.3, 0.4) is 0 Å². The average molecular weight is 260 g/mol. The lowest BCUT2D eigenvalue weighted by Gasteiger charge is -2.13. The van der Waals surface area contributed by atoms with Crippen LogP contribution in [-0.2, 0) is 6.42 Å². The molecule has 0 aliphatic heterocycles. The number of thiophene rings is 1. The van der Waals surface area contributed by atoms with Crippen molar-refractivity contribution in [2.45, 2.75) is 33.2 Å². The number of nitrogens with zero attached hydrogens (tertiary/aromatic N) is 1. The molecule has 3 heteroatoms. The van der Waals surface area contributed by atoms with Gasteiger partial charge >= 0.3 is 0 Å². The predicted molar refractivity (Wildman–Crippen MR) is 78.2 cm³/mol. The normalized spacial score (nSPS) is 12.6. The van der Waals surface area contributed by atoms with Crippen LogP contribution in [0.15, 0.2) is 30.5 Å². The van der Waals surface area contributed by atoms with E-state index in [1.807, 2.05) is 29.7 Å². The van der Waals surface area contributed by atoms with Gasteiger partial charge in [-0.15, -0.1) is 11.3 Å². The lowest BCUT2D eigenvalue weighted by molar-refractivity contribution is 0.573. The number of nitrogens with one attached hydrogen (secondary N) is 1. The Morgan fingerprint density at radius 3 is 2.78 bits per heavy atom. The van der Waals surface area contributed by atoms with Crippen molar-refractivity contribution < 1.29 is 0 Å². The fourth-order valence-corrected chi connectivity index (χ4v) is 3.18. The summed E-state index contributed by atoms with van der Waals surface area (Å²) in [7, 11) is 0. The molecule has 0 radical (unpaired) electrons. The molecule has 0 aliphatic rings. The third-order valence-electron chi connectivity index (χ3n) is 3.10. The molecule has 0 saturated heterocycles. The van der Waals surface area contributed by atoms with Gasteiger partial charge in [0.15, 0.2) is 0 Å². The fourth-order valence-electron chi connectivity index (χ4n) is 2.15. The molecular weight excluding hydrogens is 240 g/mol. The summed E-state index contributed by atoms with van der Waals surface area (Å²) in [5.74, 6) is 0. The van der Waals surface area contributed by atoms with Gasteiger partial charge in [0, 0.05) is 40.7 Å². The topological polar surface area (TPSA) is 24.9 Å².